The van der Waals surface area contributed by atoms with E-state index in [1.165, 1.54) is 11.3 Å². The third-order valence-corrected chi connectivity index (χ3v) is 4.46. The van der Waals surface area contributed by atoms with Gasteiger partial charge in [0.2, 0.25) is 5.91 Å². The van der Waals surface area contributed by atoms with Gasteiger partial charge in [0.15, 0.2) is 5.13 Å². The molecule has 1 aromatic heterocycles. The Bertz CT molecular complexity index is 755. The molecule has 2 aromatic rings. The largest absolute Gasteiger partial charge is 0.302 e. The number of hydrogen-bond donors (Lipinski definition) is 1. The smallest absolute Gasteiger partial charge is 0.261 e. The molecule has 3 rings (SSSR count). The maximum atomic E-state index is 12.2. The first-order valence-corrected chi connectivity index (χ1v) is 8.27. The van der Waals surface area contributed by atoms with Crippen LogP contribution in [-0.4, -0.2) is 34.2 Å². The zero-order valence-electron chi connectivity index (χ0n) is 11.9. The Labute approximate surface area is 141 Å². The number of rotatable bonds is 5. The lowest BCUT2D eigenvalue weighted by molar-refractivity contribution is -0.116. The lowest BCUT2D eigenvalue weighted by atomic mass is 10.1. The summed E-state index contributed by atoms with van der Waals surface area (Å²) in [6, 6.07) is 6.63. The van der Waals surface area contributed by atoms with Crippen LogP contribution in [0, 0.1) is 0 Å². The highest BCUT2D eigenvalue weighted by molar-refractivity contribution is 7.13. The van der Waals surface area contributed by atoms with Gasteiger partial charge in [0.05, 0.1) is 22.7 Å². The van der Waals surface area contributed by atoms with Gasteiger partial charge in [-0.05, 0) is 12.1 Å². The minimum Gasteiger partial charge on any atom is -0.302 e. The van der Waals surface area contributed by atoms with Gasteiger partial charge in [-0.15, -0.1) is 22.9 Å². The highest BCUT2D eigenvalue weighted by Crippen LogP contribution is 2.22. The molecule has 0 fully saturated rings. The minimum atomic E-state index is -0.364. The summed E-state index contributed by atoms with van der Waals surface area (Å²) in [5.74, 6) is -0.757. The zero-order valence-corrected chi connectivity index (χ0v) is 13.5. The third kappa shape index (κ3) is 3.11. The van der Waals surface area contributed by atoms with Gasteiger partial charge in [0, 0.05) is 18.3 Å². The molecule has 0 radical (unpaired) electrons. The fourth-order valence-electron chi connectivity index (χ4n) is 2.26. The van der Waals surface area contributed by atoms with E-state index >= 15 is 0 Å². The van der Waals surface area contributed by atoms with Crippen molar-refractivity contribution in [2.45, 2.75) is 12.3 Å². The first-order valence-electron chi connectivity index (χ1n) is 6.85. The van der Waals surface area contributed by atoms with Gasteiger partial charge in [-0.1, -0.05) is 12.1 Å². The molecule has 8 heteroatoms. The normalized spacial score (nSPS) is 13.3. The molecule has 0 saturated carbocycles. The van der Waals surface area contributed by atoms with Gasteiger partial charge in [-0.2, -0.15) is 0 Å². The number of alkyl halides is 1. The van der Waals surface area contributed by atoms with E-state index < -0.39 is 0 Å². The number of nitrogens with zero attached hydrogens (tertiary/aromatic N) is 2. The molecule has 23 heavy (non-hydrogen) atoms. The fraction of sp³-hybridized carbons (Fsp3) is 0.200. The molecule has 1 aromatic carbocycles. The molecule has 0 spiro atoms. The van der Waals surface area contributed by atoms with Crippen molar-refractivity contribution in [3.63, 3.8) is 0 Å². The van der Waals surface area contributed by atoms with E-state index in [1.807, 2.05) is 0 Å². The SMILES string of the molecule is O=C(CCN1C(=O)c2ccccc2C1=O)Nc1nc(CCl)cs1. The average Bonchev–Trinajstić information content (AvgIpc) is 3.10. The molecular formula is C15H12ClN3O3S. The molecule has 6 nitrogen and oxygen atoms in total. The van der Waals surface area contributed by atoms with Crippen LogP contribution in [0.5, 0.6) is 0 Å². The number of carbonyl (C=O) groups excluding carboxylic acids is 3. The standard InChI is InChI=1S/C15H12ClN3O3S/c16-7-9-8-23-15(17-9)18-12(20)5-6-19-13(21)10-3-1-2-4-11(10)14(19)22/h1-4,8H,5-7H2,(H,17,18,20). The van der Waals surface area contributed by atoms with Gasteiger partial charge >= 0.3 is 0 Å². The number of nitrogens with one attached hydrogen (secondary N) is 1. The van der Waals surface area contributed by atoms with Crippen molar-refractivity contribution in [1.82, 2.24) is 9.88 Å². The maximum Gasteiger partial charge on any atom is 0.261 e. The van der Waals surface area contributed by atoms with Crippen LogP contribution in [0.3, 0.4) is 0 Å². The summed E-state index contributed by atoms with van der Waals surface area (Å²) in [6.45, 7) is 0.0336. The number of aromatic nitrogens is 1. The molecule has 0 bridgehead atoms. The molecule has 0 unspecified atom stereocenters. The van der Waals surface area contributed by atoms with Crippen LogP contribution >= 0.6 is 22.9 Å². The van der Waals surface area contributed by atoms with Crippen LogP contribution in [0.15, 0.2) is 29.6 Å². The van der Waals surface area contributed by atoms with Crippen LogP contribution < -0.4 is 5.32 Å². The Morgan fingerprint density at radius 3 is 2.43 bits per heavy atom. The summed E-state index contributed by atoms with van der Waals surface area (Å²) in [7, 11) is 0. The summed E-state index contributed by atoms with van der Waals surface area (Å²) in [5.41, 5.74) is 1.45. The number of halogens is 1. The lowest BCUT2D eigenvalue weighted by Crippen LogP contribution is -2.32. The summed E-state index contributed by atoms with van der Waals surface area (Å²) in [6.07, 6.45) is 0.0151. The van der Waals surface area contributed by atoms with Gasteiger partial charge in [-0.3, -0.25) is 19.3 Å². The number of amides is 3. The highest BCUT2D eigenvalue weighted by atomic mass is 35.5. The Balaban J connectivity index is 1.59. The van der Waals surface area contributed by atoms with E-state index in [0.717, 1.165) is 4.90 Å². The number of benzene rings is 1. The van der Waals surface area contributed by atoms with Gasteiger partial charge in [0.1, 0.15) is 0 Å². The topological polar surface area (TPSA) is 79.4 Å². The molecule has 1 aliphatic heterocycles. The Morgan fingerprint density at radius 2 is 1.87 bits per heavy atom. The quantitative estimate of drug-likeness (QED) is 0.664. The summed E-state index contributed by atoms with van der Waals surface area (Å²) < 4.78 is 0. The molecule has 3 amide bonds. The van der Waals surface area contributed by atoms with Crippen molar-refractivity contribution in [3.8, 4) is 0 Å². The van der Waals surface area contributed by atoms with Crippen molar-refractivity contribution in [3.05, 3.63) is 46.5 Å². The van der Waals surface area contributed by atoms with E-state index in [0.29, 0.717) is 22.0 Å². The fourth-order valence-corrected chi connectivity index (χ4v) is 3.22. The molecular weight excluding hydrogens is 338 g/mol. The lowest BCUT2D eigenvalue weighted by Gasteiger charge is -2.12. The zero-order chi connectivity index (χ0) is 16.4. The summed E-state index contributed by atoms with van der Waals surface area (Å²) >= 11 is 6.93. The van der Waals surface area contributed by atoms with Crippen molar-refractivity contribution in [2.24, 2.45) is 0 Å². The maximum absolute atomic E-state index is 12.2. The molecule has 2 heterocycles. The van der Waals surface area contributed by atoms with Crippen LogP contribution in [0.1, 0.15) is 32.8 Å². The highest BCUT2D eigenvalue weighted by Gasteiger charge is 2.34. The first-order chi connectivity index (χ1) is 11.1. The van der Waals surface area contributed by atoms with Gasteiger partial charge in [-0.25, -0.2) is 4.98 Å². The van der Waals surface area contributed by atoms with Crippen LogP contribution in [0.4, 0.5) is 5.13 Å². The van der Waals surface area contributed by atoms with Crippen molar-refractivity contribution in [2.75, 3.05) is 11.9 Å². The molecule has 0 saturated heterocycles. The van der Waals surface area contributed by atoms with Crippen molar-refractivity contribution in [1.29, 1.82) is 0 Å². The van der Waals surface area contributed by atoms with E-state index in [4.69, 9.17) is 11.6 Å². The van der Waals surface area contributed by atoms with Crippen molar-refractivity contribution >= 4 is 45.8 Å². The number of hydrogen-bond acceptors (Lipinski definition) is 5. The first kappa shape index (κ1) is 15.6. The van der Waals surface area contributed by atoms with Gasteiger partial charge in [0.25, 0.3) is 11.8 Å². The third-order valence-electron chi connectivity index (χ3n) is 3.38. The molecule has 1 aliphatic rings. The Hall–Kier alpha value is -2.25. The molecule has 0 aliphatic carbocycles. The number of imide groups is 1. The average molecular weight is 350 g/mol. The van der Waals surface area contributed by atoms with Crippen LogP contribution in [0.2, 0.25) is 0 Å². The Morgan fingerprint density at radius 1 is 1.22 bits per heavy atom. The second-order valence-corrected chi connectivity index (χ2v) is 6.01. The summed E-state index contributed by atoms with van der Waals surface area (Å²) in [5, 5.41) is 4.84. The molecule has 0 atom stereocenters. The monoisotopic (exact) mass is 349 g/mol. The number of thiazole rings is 1. The number of carbonyl (C=O) groups is 3. The second kappa shape index (κ2) is 6.47. The van der Waals surface area contributed by atoms with E-state index in [9.17, 15) is 14.4 Å². The Kier molecular flexibility index (Phi) is 4.40. The van der Waals surface area contributed by atoms with Crippen LogP contribution in [-0.2, 0) is 10.7 Å². The van der Waals surface area contributed by atoms with E-state index in [1.54, 1.807) is 29.6 Å². The number of anilines is 1. The number of fused-ring (bicyclic) bond motifs is 1. The summed E-state index contributed by atoms with van der Waals surface area (Å²) in [4.78, 5) is 41.5. The predicted molar refractivity (Wildman–Crippen MR) is 86.7 cm³/mol. The van der Waals surface area contributed by atoms with E-state index in [2.05, 4.69) is 10.3 Å². The predicted octanol–water partition coefficient (Wildman–Crippen LogP) is 2.51. The van der Waals surface area contributed by atoms with Gasteiger partial charge < -0.3 is 5.32 Å². The minimum absolute atomic E-state index is 0.0151. The second-order valence-electron chi connectivity index (χ2n) is 4.88. The van der Waals surface area contributed by atoms with E-state index in [-0.39, 0.29) is 36.6 Å². The molecule has 1 N–H and O–H groups in total. The van der Waals surface area contributed by atoms with Crippen molar-refractivity contribution < 1.29 is 14.4 Å². The van der Waals surface area contributed by atoms with Crippen LogP contribution in [0.25, 0.3) is 0 Å². The molecule has 118 valence electrons.